The molecule has 11 heteroatoms. The second-order valence-electron chi connectivity index (χ2n) is 14.1. The number of benzene rings is 2. The van der Waals surface area contributed by atoms with Gasteiger partial charge in [-0.3, -0.25) is 19.2 Å². The number of hydrogen-bond donors (Lipinski definition) is 2. The van der Waals surface area contributed by atoms with E-state index >= 15 is 0 Å². The molecule has 2 aromatic carbocycles. The molecule has 2 aromatic rings. The number of nitrogens with zero attached hydrogens (tertiary/aromatic N) is 3. The minimum absolute atomic E-state index is 0.0678. The van der Waals surface area contributed by atoms with Gasteiger partial charge in [-0.25, -0.2) is 0 Å². The van der Waals surface area contributed by atoms with Gasteiger partial charge in [0.15, 0.2) is 0 Å². The summed E-state index contributed by atoms with van der Waals surface area (Å²) < 4.78 is 12.9. The van der Waals surface area contributed by atoms with E-state index in [-0.39, 0.29) is 43.8 Å². The number of esters is 1. The molecule has 3 heterocycles. The number of amides is 3. The number of likely N-dealkylation sites (tertiary alicyclic amines) is 1. The Morgan fingerprint density at radius 1 is 1.02 bits per heavy atom. The number of aliphatic hydroxyl groups excluding tert-OH is 1. The van der Waals surface area contributed by atoms with Crippen molar-refractivity contribution >= 4 is 35.1 Å². The summed E-state index contributed by atoms with van der Waals surface area (Å²) in [5, 5.41) is 12.2. The highest BCUT2D eigenvalue weighted by atomic mass is 16.6. The van der Waals surface area contributed by atoms with Crippen molar-refractivity contribution in [1.82, 2.24) is 10.2 Å². The van der Waals surface area contributed by atoms with Crippen LogP contribution >= 0.6 is 0 Å². The first-order chi connectivity index (χ1) is 25.7. The number of allylic oxidation sites excluding steroid dienone is 1. The molecule has 2 bridgehead atoms. The lowest BCUT2D eigenvalue weighted by molar-refractivity contribution is -0.160. The Hall–Kier alpha value is -4.48. The molecule has 0 radical (unpaired) electrons. The maximum Gasteiger partial charge on any atom is 0.313 e. The molecular weight excluding hydrogens is 672 g/mol. The van der Waals surface area contributed by atoms with Gasteiger partial charge in [-0.1, -0.05) is 55.3 Å². The number of hydrogen-bond acceptors (Lipinski definition) is 8. The van der Waals surface area contributed by atoms with Gasteiger partial charge in [0.1, 0.15) is 17.7 Å². The van der Waals surface area contributed by atoms with Gasteiger partial charge in [0.05, 0.1) is 24.5 Å². The first kappa shape index (κ1) is 39.7. The molecule has 3 saturated heterocycles. The second-order valence-corrected chi connectivity index (χ2v) is 14.1. The summed E-state index contributed by atoms with van der Waals surface area (Å²) in [5.41, 5.74) is 1.25. The van der Waals surface area contributed by atoms with Crippen molar-refractivity contribution in [2.75, 3.05) is 49.1 Å². The number of nitrogens with one attached hydrogen (secondary N) is 1. The summed E-state index contributed by atoms with van der Waals surface area (Å²) in [6.07, 6.45) is 6.61. The van der Waals surface area contributed by atoms with Gasteiger partial charge in [0, 0.05) is 50.6 Å². The fourth-order valence-electron chi connectivity index (χ4n) is 8.36. The summed E-state index contributed by atoms with van der Waals surface area (Å²) >= 11 is 0. The zero-order valence-electron chi connectivity index (χ0n) is 31.3. The Morgan fingerprint density at radius 2 is 1.72 bits per heavy atom. The molecule has 6 atom stereocenters. The largest absolute Gasteiger partial charge is 0.455 e. The molecule has 3 aliphatic heterocycles. The number of ether oxygens (including phenoxy) is 2. The standard InChI is InChI=1S/C42H56N4O7/c1-5-9-19-35(48)43-29-34(30-17-13-12-14-18-30)52-41(51)36-33-24-25-42(53-33)37(36)39(49)46(27-15-10-11-16-28-47)38(42)40(50)45(26-6-2)32-22-20-31(21-23-32)44(7-3)8-4/h5-6,12-14,17-18,20-23,33-34,36-38,47H,1-2,7-11,15-16,19,24-29H2,3-4H3,(H,43,48)/t33-,34-,36+,37+,38-,42+/m0/s1. The molecule has 0 aliphatic carbocycles. The lowest BCUT2D eigenvalue weighted by Crippen LogP contribution is -2.56. The summed E-state index contributed by atoms with van der Waals surface area (Å²) in [6.45, 7) is 14.2. The van der Waals surface area contributed by atoms with Crippen molar-refractivity contribution in [3.8, 4) is 0 Å². The average Bonchev–Trinajstić information content (AvgIpc) is 3.82. The van der Waals surface area contributed by atoms with E-state index in [9.17, 15) is 24.3 Å². The van der Waals surface area contributed by atoms with Crippen LogP contribution in [-0.4, -0.2) is 90.8 Å². The van der Waals surface area contributed by atoms with Gasteiger partial charge in [-0.2, -0.15) is 0 Å². The van der Waals surface area contributed by atoms with E-state index in [1.807, 2.05) is 54.6 Å². The zero-order valence-corrected chi connectivity index (χ0v) is 31.3. The van der Waals surface area contributed by atoms with E-state index in [2.05, 4.69) is 37.2 Å². The number of carbonyl (C=O) groups excluding carboxylic acids is 4. The number of anilines is 2. The molecular formula is C42H56N4O7. The van der Waals surface area contributed by atoms with Crippen LogP contribution in [0.2, 0.25) is 0 Å². The molecule has 3 fully saturated rings. The fourth-order valence-corrected chi connectivity index (χ4v) is 8.36. The first-order valence-corrected chi connectivity index (χ1v) is 19.2. The highest BCUT2D eigenvalue weighted by molar-refractivity contribution is 6.04. The monoisotopic (exact) mass is 728 g/mol. The van der Waals surface area contributed by atoms with E-state index in [0.717, 1.165) is 31.6 Å². The lowest BCUT2D eigenvalue weighted by Gasteiger charge is -2.37. The van der Waals surface area contributed by atoms with E-state index in [1.54, 1.807) is 22.0 Å². The van der Waals surface area contributed by atoms with E-state index in [1.165, 1.54) is 0 Å². The smallest absolute Gasteiger partial charge is 0.313 e. The highest BCUT2D eigenvalue weighted by Gasteiger charge is 2.75. The molecule has 0 unspecified atom stereocenters. The van der Waals surface area contributed by atoms with Gasteiger partial charge in [-0.15, -0.1) is 13.2 Å². The normalized spacial score (nSPS) is 23.3. The number of carbonyl (C=O) groups is 4. The van der Waals surface area contributed by atoms with E-state index in [0.29, 0.717) is 49.9 Å². The van der Waals surface area contributed by atoms with Crippen LogP contribution in [0.5, 0.6) is 0 Å². The summed E-state index contributed by atoms with van der Waals surface area (Å²) in [4.78, 5) is 61.9. The number of rotatable bonds is 21. The Morgan fingerprint density at radius 3 is 2.38 bits per heavy atom. The molecule has 286 valence electrons. The Labute approximate surface area is 314 Å². The predicted molar refractivity (Wildman–Crippen MR) is 205 cm³/mol. The van der Waals surface area contributed by atoms with Crippen molar-refractivity contribution in [2.24, 2.45) is 11.8 Å². The van der Waals surface area contributed by atoms with Crippen LogP contribution in [0.15, 0.2) is 79.9 Å². The van der Waals surface area contributed by atoms with Crippen molar-refractivity contribution in [3.63, 3.8) is 0 Å². The molecule has 5 rings (SSSR count). The summed E-state index contributed by atoms with van der Waals surface area (Å²) in [5.74, 6) is -3.11. The third-order valence-corrected chi connectivity index (χ3v) is 11.0. The van der Waals surface area contributed by atoms with Gasteiger partial charge in [-0.05, 0) is 75.8 Å². The zero-order chi connectivity index (χ0) is 38.0. The summed E-state index contributed by atoms with van der Waals surface area (Å²) in [6, 6.07) is 16.1. The van der Waals surface area contributed by atoms with Crippen molar-refractivity contribution in [3.05, 3.63) is 85.5 Å². The van der Waals surface area contributed by atoms with Gasteiger partial charge >= 0.3 is 5.97 Å². The van der Waals surface area contributed by atoms with Gasteiger partial charge in [0.25, 0.3) is 5.91 Å². The summed E-state index contributed by atoms with van der Waals surface area (Å²) in [7, 11) is 0. The Kier molecular flexibility index (Phi) is 13.9. The minimum atomic E-state index is -1.20. The molecule has 11 nitrogen and oxygen atoms in total. The molecule has 2 N–H and O–H groups in total. The first-order valence-electron chi connectivity index (χ1n) is 19.2. The lowest BCUT2D eigenvalue weighted by atomic mass is 9.70. The molecule has 3 aliphatic rings. The van der Waals surface area contributed by atoms with Crippen LogP contribution < -0.4 is 15.1 Å². The third-order valence-electron chi connectivity index (χ3n) is 11.0. The second kappa shape index (κ2) is 18.5. The molecule has 0 saturated carbocycles. The Bertz CT molecular complexity index is 1580. The fraction of sp³-hybridized carbons (Fsp3) is 0.524. The van der Waals surface area contributed by atoms with Crippen LogP contribution in [0.1, 0.15) is 76.9 Å². The maximum absolute atomic E-state index is 14.9. The third kappa shape index (κ3) is 8.52. The van der Waals surface area contributed by atoms with Crippen LogP contribution in [0.4, 0.5) is 11.4 Å². The van der Waals surface area contributed by atoms with Crippen molar-refractivity contribution in [1.29, 1.82) is 0 Å². The van der Waals surface area contributed by atoms with Crippen LogP contribution in [0, 0.1) is 11.8 Å². The topological polar surface area (TPSA) is 129 Å². The quantitative estimate of drug-likeness (QED) is 0.100. The van der Waals surface area contributed by atoms with Crippen molar-refractivity contribution < 1.29 is 33.8 Å². The Balaban J connectivity index is 1.44. The molecule has 3 amide bonds. The van der Waals surface area contributed by atoms with Crippen LogP contribution in [0.3, 0.4) is 0 Å². The number of aliphatic hydroxyl groups is 1. The SMILES string of the molecule is C=CCCC(=O)NC[C@H](OC(=O)[C@@H]1[C@@H]2CC[C@]3(O2)[C@H](C(=O)N(CC=C)c2ccc(N(CC)CC)cc2)N(CCCCCCO)C(=O)[C@@H]13)c1ccccc1. The minimum Gasteiger partial charge on any atom is -0.455 e. The van der Waals surface area contributed by atoms with E-state index in [4.69, 9.17) is 9.47 Å². The maximum atomic E-state index is 14.9. The number of fused-ring (bicyclic) bond motifs is 1. The average molecular weight is 729 g/mol. The molecule has 1 spiro atoms. The highest BCUT2D eigenvalue weighted by Crippen LogP contribution is 2.59. The van der Waals surface area contributed by atoms with Gasteiger partial charge in [0.2, 0.25) is 11.8 Å². The van der Waals surface area contributed by atoms with Crippen LogP contribution in [0.25, 0.3) is 0 Å². The van der Waals surface area contributed by atoms with Crippen molar-refractivity contribution in [2.45, 2.75) is 89.1 Å². The predicted octanol–water partition coefficient (Wildman–Crippen LogP) is 5.35. The number of unbranched alkanes of at least 4 members (excludes halogenated alkanes) is 3. The van der Waals surface area contributed by atoms with Crippen LogP contribution in [-0.2, 0) is 28.7 Å². The van der Waals surface area contributed by atoms with Gasteiger partial charge < -0.3 is 34.6 Å². The molecule has 53 heavy (non-hydrogen) atoms. The molecule has 0 aromatic heterocycles. The van der Waals surface area contributed by atoms with E-state index < -0.39 is 41.7 Å².